The Morgan fingerprint density at radius 3 is 1.36 bits per heavy atom. The summed E-state index contributed by atoms with van der Waals surface area (Å²) < 4.78 is 31.1. The Morgan fingerprint density at radius 1 is 0.556 bits per heavy atom. The molecule has 0 spiro atoms. The Bertz CT molecular complexity index is 1890. The molecular formula is C38H28F2N4O. The molecule has 1 fully saturated rings. The Kier molecular flexibility index (Phi) is 7.57. The molecule has 0 radical (unpaired) electrons. The van der Waals surface area contributed by atoms with E-state index in [4.69, 9.17) is 10.2 Å². The van der Waals surface area contributed by atoms with Crippen LogP contribution in [0.2, 0.25) is 0 Å². The largest absolute Gasteiger partial charge is 0.289 e. The summed E-state index contributed by atoms with van der Waals surface area (Å²) in [5.41, 5.74) is 7.52. The number of para-hydroxylation sites is 2. The van der Waals surface area contributed by atoms with Crippen molar-refractivity contribution in [3.63, 3.8) is 0 Å². The number of allylic oxidation sites excluding steroid dienone is 2. The van der Waals surface area contributed by atoms with Gasteiger partial charge in [0.05, 0.1) is 22.8 Å². The van der Waals surface area contributed by atoms with Crippen molar-refractivity contribution in [3.8, 4) is 33.9 Å². The van der Waals surface area contributed by atoms with E-state index in [0.717, 1.165) is 40.0 Å². The predicted molar refractivity (Wildman–Crippen MR) is 173 cm³/mol. The van der Waals surface area contributed by atoms with Crippen molar-refractivity contribution in [1.29, 1.82) is 0 Å². The van der Waals surface area contributed by atoms with Crippen LogP contribution in [0.25, 0.3) is 46.0 Å². The lowest BCUT2D eigenvalue weighted by atomic mass is 9.86. The minimum atomic E-state index is -0.325. The molecule has 7 rings (SSSR count). The Hall–Kier alpha value is -5.69. The van der Waals surface area contributed by atoms with Gasteiger partial charge < -0.3 is 0 Å². The zero-order valence-electron chi connectivity index (χ0n) is 24.3. The van der Waals surface area contributed by atoms with Gasteiger partial charge in [0.15, 0.2) is 5.78 Å². The zero-order valence-corrected chi connectivity index (χ0v) is 24.3. The number of rotatable bonds is 6. The normalized spacial score (nSPS) is 15.2. The first-order valence-electron chi connectivity index (χ1n) is 14.8. The van der Waals surface area contributed by atoms with Gasteiger partial charge in [-0.2, -0.15) is 10.2 Å². The van der Waals surface area contributed by atoms with Gasteiger partial charge in [-0.25, -0.2) is 18.1 Å². The third-order valence-corrected chi connectivity index (χ3v) is 7.90. The SMILES string of the molecule is O=C1/C(=C/c2cn(-c3ccccc3)nc2-c2ccc(F)cc2)CCC/C1=C\c1cn(-c2ccccc2)nc1-c1ccc(F)cc1. The summed E-state index contributed by atoms with van der Waals surface area (Å²) >= 11 is 0. The van der Waals surface area contributed by atoms with Gasteiger partial charge in [0.1, 0.15) is 11.6 Å². The Balaban J connectivity index is 1.28. The third kappa shape index (κ3) is 5.93. The second kappa shape index (κ2) is 12.1. The quantitative estimate of drug-likeness (QED) is 0.181. The van der Waals surface area contributed by atoms with Crippen molar-refractivity contribution in [2.45, 2.75) is 19.3 Å². The molecule has 1 aliphatic rings. The number of aromatic nitrogens is 4. The summed E-state index contributed by atoms with van der Waals surface area (Å²) in [6.07, 6.45) is 9.70. The van der Waals surface area contributed by atoms with Crippen molar-refractivity contribution in [3.05, 3.63) is 155 Å². The fraction of sp³-hybridized carbons (Fsp3) is 0.0789. The van der Waals surface area contributed by atoms with E-state index >= 15 is 0 Å². The highest BCUT2D eigenvalue weighted by Gasteiger charge is 2.23. The molecule has 7 heteroatoms. The first-order valence-corrected chi connectivity index (χ1v) is 14.8. The second-order valence-corrected chi connectivity index (χ2v) is 11.0. The van der Waals surface area contributed by atoms with Crippen molar-refractivity contribution in [2.75, 3.05) is 0 Å². The molecule has 2 heterocycles. The van der Waals surface area contributed by atoms with Gasteiger partial charge in [-0.1, -0.05) is 36.4 Å². The smallest absolute Gasteiger partial charge is 0.185 e. The molecular weight excluding hydrogens is 566 g/mol. The van der Waals surface area contributed by atoms with E-state index in [9.17, 15) is 13.6 Å². The molecule has 0 unspecified atom stereocenters. The lowest BCUT2D eigenvalue weighted by Crippen LogP contribution is -2.12. The maximum Gasteiger partial charge on any atom is 0.185 e. The van der Waals surface area contributed by atoms with Crippen LogP contribution in [0.3, 0.4) is 0 Å². The van der Waals surface area contributed by atoms with Crippen LogP contribution in [-0.2, 0) is 4.79 Å². The number of benzene rings is 4. The average molecular weight is 595 g/mol. The first-order chi connectivity index (χ1) is 22.0. The van der Waals surface area contributed by atoms with E-state index in [0.29, 0.717) is 35.4 Å². The number of hydrogen-bond acceptors (Lipinski definition) is 3. The van der Waals surface area contributed by atoms with E-state index in [1.807, 2.05) is 85.2 Å². The number of Topliss-reactive ketones (excluding diaryl/α,β-unsaturated/α-hetero) is 1. The van der Waals surface area contributed by atoms with Crippen LogP contribution in [0.5, 0.6) is 0 Å². The van der Waals surface area contributed by atoms with Gasteiger partial charge in [-0.05, 0) is 104 Å². The number of nitrogens with zero attached hydrogens (tertiary/aromatic N) is 4. The number of carbonyl (C=O) groups is 1. The maximum atomic E-state index is 14.0. The van der Waals surface area contributed by atoms with Gasteiger partial charge in [0, 0.05) is 45.8 Å². The summed E-state index contributed by atoms with van der Waals surface area (Å²) in [6.45, 7) is 0. The van der Waals surface area contributed by atoms with Crippen LogP contribution < -0.4 is 0 Å². The standard InChI is InChI=1S/C38H28F2N4O/c39-32-18-14-26(15-19-32)36-30(24-43(41-36)34-10-3-1-4-11-34)22-28-8-7-9-29(38(28)45)23-31-25-44(35-12-5-2-6-13-35)42-37(31)27-16-20-33(40)21-17-27/h1-6,10-25H,7-9H2/b28-22+,29-23+. The maximum absolute atomic E-state index is 14.0. The molecule has 45 heavy (non-hydrogen) atoms. The molecule has 4 aromatic carbocycles. The van der Waals surface area contributed by atoms with Crippen molar-refractivity contribution in [1.82, 2.24) is 19.6 Å². The summed E-state index contributed by atoms with van der Waals surface area (Å²) in [5.74, 6) is -0.681. The molecule has 0 atom stereocenters. The van der Waals surface area contributed by atoms with Crippen LogP contribution >= 0.6 is 0 Å². The topological polar surface area (TPSA) is 52.7 Å². The van der Waals surface area contributed by atoms with Gasteiger partial charge in [0.25, 0.3) is 0 Å². The average Bonchev–Trinajstić information content (AvgIpc) is 3.69. The van der Waals surface area contributed by atoms with Crippen molar-refractivity contribution < 1.29 is 13.6 Å². The van der Waals surface area contributed by atoms with Gasteiger partial charge >= 0.3 is 0 Å². The Labute approximate surface area is 259 Å². The monoisotopic (exact) mass is 594 g/mol. The highest BCUT2D eigenvalue weighted by atomic mass is 19.1. The summed E-state index contributed by atoms with van der Waals surface area (Å²) in [5, 5.41) is 9.65. The number of hydrogen-bond donors (Lipinski definition) is 0. The minimum absolute atomic E-state index is 0.0312. The molecule has 0 amide bonds. The van der Waals surface area contributed by atoms with Gasteiger partial charge in [-0.15, -0.1) is 0 Å². The van der Waals surface area contributed by atoms with E-state index in [1.54, 1.807) is 33.6 Å². The fourth-order valence-electron chi connectivity index (χ4n) is 5.63. The Morgan fingerprint density at radius 2 is 0.956 bits per heavy atom. The summed E-state index contributed by atoms with van der Waals surface area (Å²) in [6, 6.07) is 31.9. The molecule has 0 bridgehead atoms. The molecule has 220 valence electrons. The van der Waals surface area contributed by atoms with Gasteiger partial charge in [-0.3, -0.25) is 4.79 Å². The highest BCUT2D eigenvalue weighted by Crippen LogP contribution is 2.33. The van der Waals surface area contributed by atoms with Gasteiger partial charge in [0.2, 0.25) is 0 Å². The van der Waals surface area contributed by atoms with Crippen LogP contribution in [0.1, 0.15) is 30.4 Å². The predicted octanol–water partition coefficient (Wildman–Crippen LogP) is 8.89. The second-order valence-electron chi connectivity index (χ2n) is 11.0. The molecule has 0 N–H and O–H groups in total. The van der Waals surface area contributed by atoms with Crippen LogP contribution in [0, 0.1) is 11.6 Å². The molecule has 6 aromatic rings. The molecule has 5 nitrogen and oxygen atoms in total. The summed E-state index contributed by atoms with van der Waals surface area (Å²) in [4.78, 5) is 14.0. The number of ketones is 1. The molecule has 2 aromatic heterocycles. The highest BCUT2D eigenvalue weighted by molar-refractivity contribution is 6.14. The van der Waals surface area contributed by atoms with Crippen LogP contribution in [0.15, 0.2) is 133 Å². The molecule has 0 saturated heterocycles. The molecule has 1 saturated carbocycles. The minimum Gasteiger partial charge on any atom is -0.289 e. The summed E-state index contributed by atoms with van der Waals surface area (Å²) in [7, 11) is 0. The first kappa shape index (κ1) is 28.1. The van der Waals surface area contributed by atoms with E-state index in [1.165, 1.54) is 24.3 Å². The van der Waals surface area contributed by atoms with Crippen LogP contribution in [0.4, 0.5) is 8.78 Å². The molecule has 1 aliphatic carbocycles. The number of carbonyl (C=O) groups excluding carboxylic acids is 1. The van der Waals surface area contributed by atoms with E-state index in [-0.39, 0.29) is 17.4 Å². The number of halogens is 2. The van der Waals surface area contributed by atoms with E-state index < -0.39 is 0 Å². The van der Waals surface area contributed by atoms with Crippen LogP contribution in [-0.4, -0.2) is 25.3 Å². The lowest BCUT2D eigenvalue weighted by molar-refractivity contribution is -0.112. The fourth-order valence-corrected chi connectivity index (χ4v) is 5.63. The zero-order chi connectivity index (χ0) is 30.8. The van der Waals surface area contributed by atoms with Crippen molar-refractivity contribution in [2.24, 2.45) is 0 Å². The van der Waals surface area contributed by atoms with E-state index in [2.05, 4.69) is 0 Å². The third-order valence-electron chi connectivity index (χ3n) is 7.90. The molecule has 0 aliphatic heterocycles. The van der Waals surface area contributed by atoms with Crippen molar-refractivity contribution >= 4 is 17.9 Å². The lowest BCUT2D eigenvalue weighted by Gasteiger charge is -2.16.